The molecule has 1 aliphatic heterocycles. The van der Waals surface area contributed by atoms with Gasteiger partial charge in [-0.2, -0.15) is 0 Å². The van der Waals surface area contributed by atoms with E-state index < -0.39 is 24.5 Å². The first-order valence-electron chi connectivity index (χ1n) is 10.6. The molecule has 0 saturated carbocycles. The molecule has 0 unspecified atom stereocenters. The molecule has 0 aliphatic carbocycles. The molecule has 35 heavy (non-hydrogen) atoms. The Labute approximate surface area is 205 Å². The Morgan fingerprint density at radius 2 is 1.83 bits per heavy atom. The normalized spacial score (nSPS) is 11.6. The highest BCUT2D eigenvalue weighted by atomic mass is 32.1. The monoisotopic (exact) mass is 497 g/mol. The lowest BCUT2D eigenvalue weighted by molar-refractivity contribution is -0.119. The Morgan fingerprint density at radius 1 is 1.03 bits per heavy atom. The first-order chi connectivity index (χ1) is 16.9. The van der Waals surface area contributed by atoms with Gasteiger partial charge in [-0.05, 0) is 54.8 Å². The summed E-state index contributed by atoms with van der Waals surface area (Å²) in [6.07, 6.45) is 0.421. The van der Waals surface area contributed by atoms with E-state index in [-0.39, 0.29) is 17.9 Å². The molecule has 10 heteroatoms. The summed E-state index contributed by atoms with van der Waals surface area (Å²) in [4.78, 5) is 38.3. The standard InChI is InChI=1S/C25H23NO8S/c1-14-18(9-15-7-8-19-20(10-15)34-13-33-19)22(25(29)31-3)23(35-14)26-21(27)12-32-24(28)16-5-4-6-17(11-16)30-2/h4-8,10-11H,9,12-13H2,1-3H3,(H,26,27). The molecule has 182 valence electrons. The molecule has 0 spiro atoms. The predicted molar refractivity (Wildman–Crippen MR) is 128 cm³/mol. The summed E-state index contributed by atoms with van der Waals surface area (Å²) in [5.74, 6) is -0.0216. The molecule has 0 fully saturated rings. The number of hydrogen-bond acceptors (Lipinski definition) is 9. The van der Waals surface area contributed by atoms with Crippen LogP contribution in [-0.4, -0.2) is 45.5 Å². The van der Waals surface area contributed by atoms with Crippen LogP contribution in [-0.2, 0) is 20.7 Å². The zero-order chi connectivity index (χ0) is 24.9. The third-order valence-corrected chi connectivity index (χ3v) is 6.37. The fourth-order valence-corrected chi connectivity index (χ4v) is 4.66. The summed E-state index contributed by atoms with van der Waals surface area (Å²) >= 11 is 1.25. The van der Waals surface area contributed by atoms with Crippen molar-refractivity contribution in [1.29, 1.82) is 0 Å². The van der Waals surface area contributed by atoms with Gasteiger partial charge in [0, 0.05) is 4.88 Å². The molecule has 2 aromatic carbocycles. The Hall–Kier alpha value is -4.05. The van der Waals surface area contributed by atoms with Crippen molar-refractivity contribution in [3.05, 3.63) is 69.6 Å². The fraction of sp³-hybridized carbons (Fsp3) is 0.240. The van der Waals surface area contributed by atoms with E-state index in [2.05, 4.69) is 5.32 Å². The number of fused-ring (bicyclic) bond motifs is 1. The summed E-state index contributed by atoms with van der Waals surface area (Å²) < 4.78 is 26.0. The molecule has 1 aromatic heterocycles. The predicted octanol–water partition coefficient (Wildman–Crippen LogP) is 3.97. The van der Waals surface area contributed by atoms with Crippen LogP contribution < -0.4 is 19.5 Å². The molecular weight excluding hydrogens is 474 g/mol. The number of rotatable bonds is 8. The number of anilines is 1. The Morgan fingerprint density at radius 3 is 2.60 bits per heavy atom. The van der Waals surface area contributed by atoms with Gasteiger partial charge in [0.1, 0.15) is 10.8 Å². The van der Waals surface area contributed by atoms with Gasteiger partial charge >= 0.3 is 11.9 Å². The van der Waals surface area contributed by atoms with Crippen molar-refractivity contribution in [2.24, 2.45) is 0 Å². The highest BCUT2D eigenvalue weighted by Crippen LogP contribution is 2.37. The van der Waals surface area contributed by atoms with Gasteiger partial charge in [-0.15, -0.1) is 11.3 Å². The zero-order valence-electron chi connectivity index (χ0n) is 19.3. The average Bonchev–Trinajstić information content (AvgIpc) is 3.45. The van der Waals surface area contributed by atoms with Crippen molar-refractivity contribution in [3.8, 4) is 17.2 Å². The van der Waals surface area contributed by atoms with Crippen molar-refractivity contribution >= 4 is 34.2 Å². The number of ether oxygens (including phenoxy) is 5. The number of carbonyl (C=O) groups is 3. The minimum absolute atomic E-state index is 0.169. The third kappa shape index (κ3) is 5.38. The van der Waals surface area contributed by atoms with Crippen LogP contribution in [0.3, 0.4) is 0 Å². The van der Waals surface area contributed by atoms with Crippen LogP contribution >= 0.6 is 11.3 Å². The number of benzene rings is 2. The minimum Gasteiger partial charge on any atom is -0.497 e. The summed E-state index contributed by atoms with van der Waals surface area (Å²) in [7, 11) is 2.77. The van der Waals surface area contributed by atoms with E-state index in [0.717, 1.165) is 16.0 Å². The molecule has 4 rings (SSSR count). The lowest BCUT2D eigenvalue weighted by Gasteiger charge is -2.09. The van der Waals surface area contributed by atoms with Gasteiger partial charge in [0.25, 0.3) is 5.91 Å². The maximum atomic E-state index is 12.6. The second-order valence-corrected chi connectivity index (χ2v) is 8.78. The van der Waals surface area contributed by atoms with Gasteiger partial charge < -0.3 is 29.0 Å². The molecule has 0 bridgehead atoms. The lowest BCUT2D eigenvalue weighted by Crippen LogP contribution is -2.21. The van der Waals surface area contributed by atoms with Gasteiger partial charge in [0.05, 0.1) is 25.3 Å². The molecule has 0 atom stereocenters. The number of esters is 2. The topological polar surface area (TPSA) is 109 Å². The summed E-state index contributed by atoms with van der Waals surface area (Å²) in [5, 5.41) is 3.00. The number of nitrogens with one attached hydrogen (secondary N) is 1. The van der Waals surface area contributed by atoms with Crippen LogP contribution in [0.1, 0.15) is 36.7 Å². The third-order valence-electron chi connectivity index (χ3n) is 5.31. The first kappa shape index (κ1) is 24.1. The molecular formula is C25H23NO8S. The van der Waals surface area contributed by atoms with Crippen LogP contribution in [0, 0.1) is 6.92 Å². The van der Waals surface area contributed by atoms with Gasteiger partial charge in [-0.1, -0.05) is 12.1 Å². The van der Waals surface area contributed by atoms with Gasteiger partial charge in [0.2, 0.25) is 6.79 Å². The second kappa shape index (κ2) is 10.5. The van der Waals surface area contributed by atoms with E-state index in [0.29, 0.717) is 28.7 Å². The summed E-state index contributed by atoms with van der Waals surface area (Å²) in [6.45, 7) is 1.51. The van der Waals surface area contributed by atoms with Gasteiger partial charge in [0.15, 0.2) is 18.1 Å². The van der Waals surface area contributed by atoms with E-state index in [4.69, 9.17) is 23.7 Å². The minimum atomic E-state index is -0.668. The highest BCUT2D eigenvalue weighted by Gasteiger charge is 2.25. The number of aryl methyl sites for hydroxylation is 1. The van der Waals surface area contributed by atoms with Crippen molar-refractivity contribution in [2.75, 3.05) is 32.9 Å². The highest BCUT2D eigenvalue weighted by molar-refractivity contribution is 7.16. The van der Waals surface area contributed by atoms with Crippen molar-refractivity contribution in [1.82, 2.24) is 0 Å². The fourth-order valence-electron chi connectivity index (χ4n) is 3.58. The van der Waals surface area contributed by atoms with E-state index in [1.165, 1.54) is 31.6 Å². The molecule has 1 amide bonds. The molecule has 0 saturated heterocycles. The van der Waals surface area contributed by atoms with Gasteiger partial charge in [-0.25, -0.2) is 9.59 Å². The Bertz CT molecular complexity index is 1280. The largest absolute Gasteiger partial charge is 0.497 e. The quantitative estimate of drug-likeness (QED) is 0.466. The van der Waals surface area contributed by atoms with Gasteiger partial charge in [-0.3, -0.25) is 4.79 Å². The first-order valence-corrected chi connectivity index (χ1v) is 11.4. The average molecular weight is 498 g/mol. The van der Waals surface area contributed by atoms with E-state index in [9.17, 15) is 14.4 Å². The van der Waals surface area contributed by atoms with Crippen molar-refractivity contribution in [3.63, 3.8) is 0 Å². The number of methoxy groups -OCH3 is 2. The molecule has 3 aromatic rings. The molecule has 0 radical (unpaired) electrons. The Balaban J connectivity index is 1.48. The maximum Gasteiger partial charge on any atom is 0.341 e. The van der Waals surface area contributed by atoms with Crippen LogP contribution in [0.5, 0.6) is 17.2 Å². The van der Waals surface area contributed by atoms with Crippen LogP contribution in [0.25, 0.3) is 0 Å². The molecule has 1 aliphatic rings. The number of hydrogen-bond donors (Lipinski definition) is 1. The molecule has 1 N–H and O–H groups in total. The molecule has 2 heterocycles. The number of thiophene rings is 1. The van der Waals surface area contributed by atoms with Crippen molar-refractivity contribution < 1.29 is 38.1 Å². The zero-order valence-corrected chi connectivity index (χ0v) is 20.2. The van der Waals surface area contributed by atoms with E-state index >= 15 is 0 Å². The second-order valence-electron chi connectivity index (χ2n) is 7.55. The lowest BCUT2D eigenvalue weighted by atomic mass is 10.0. The summed E-state index contributed by atoms with van der Waals surface area (Å²) in [6, 6.07) is 12.0. The molecule has 9 nitrogen and oxygen atoms in total. The van der Waals surface area contributed by atoms with Crippen LogP contribution in [0.2, 0.25) is 0 Å². The SMILES string of the molecule is COC(=O)c1c(NC(=O)COC(=O)c2cccc(OC)c2)sc(C)c1Cc1ccc2c(c1)OCO2. The smallest absolute Gasteiger partial charge is 0.341 e. The van der Waals surface area contributed by atoms with Crippen molar-refractivity contribution in [2.45, 2.75) is 13.3 Å². The van der Waals surface area contributed by atoms with E-state index in [1.54, 1.807) is 18.2 Å². The number of carbonyl (C=O) groups excluding carboxylic acids is 3. The maximum absolute atomic E-state index is 12.6. The van der Waals surface area contributed by atoms with Crippen LogP contribution in [0.15, 0.2) is 42.5 Å². The van der Waals surface area contributed by atoms with Crippen LogP contribution in [0.4, 0.5) is 5.00 Å². The number of amides is 1. The summed E-state index contributed by atoms with van der Waals surface area (Å²) in [5.41, 5.74) is 2.15. The van der Waals surface area contributed by atoms with E-state index in [1.807, 2.05) is 25.1 Å². The Kier molecular flexibility index (Phi) is 7.21.